The fourth-order valence-corrected chi connectivity index (χ4v) is 5.14. The van der Waals surface area contributed by atoms with Crippen LogP contribution in [0.15, 0.2) is 0 Å². The third-order valence-corrected chi connectivity index (χ3v) is 7.37. The van der Waals surface area contributed by atoms with Crippen molar-refractivity contribution in [3.05, 3.63) is 0 Å². The molecule has 4 nitrogen and oxygen atoms in total. The van der Waals surface area contributed by atoms with Crippen molar-refractivity contribution < 1.29 is 9.46 Å². The highest BCUT2D eigenvalue weighted by Crippen LogP contribution is 2.36. The molecular formula is C24H53N2O2P. The molecule has 0 aliphatic heterocycles. The number of hydrogen-bond acceptors (Lipinski definition) is 2. The van der Waals surface area contributed by atoms with E-state index in [1.807, 2.05) is 0 Å². The molecule has 176 valence electrons. The van der Waals surface area contributed by atoms with E-state index >= 15 is 0 Å². The molecule has 0 bridgehead atoms. The molecule has 1 atom stereocenters. The third kappa shape index (κ3) is 21.1. The second-order valence-corrected chi connectivity index (χ2v) is 10.9. The van der Waals surface area contributed by atoms with Crippen LogP contribution < -0.4 is 5.09 Å². The number of rotatable bonds is 23. The lowest BCUT2D eigenvalue weighted by atomic mass is 10.1. The van der Waals surface area contributed by atoms with E-state index in [9.17, 15) is 9.46 Å². The van der Waals surface area contributed by atoms with Crippen molar-refractivity contribution >= 4 is 7.52 Å². The van der Waals surface area contributed by atoms with Gasteiger partial charge in [-0.25, -0.2) is 5.09 Å². The van der Waals surface area contributed by atoms with Gasteiger partial charge >= 0.3 is 0 Å². The molecule has 0 fully saturated rings. The molecule has 0 aliphatic rings. The Bertz CT molecular complexity index is 364. The predicted molar refractivity (Wildman–Crippen MR) is 130 cm³/mol. The van der Waals surface area contributed by atoms with Gasteiger partial charge < -0.3 is 9.79 Å². The summed E-state index contributed by atoms with van der Waals surface area (Å²) in [6, 6.07) is 0. The molecule has 2 N–H and O–H groups in total. The minimum atomic E-state index is -3.10. The number of hydrogen-bond donors (Lipinski definition) is 2. The van der Waals surface area contributed by atoms with E-state index in [2.05, 4.69) is 30.8 Å². The molecule has 0 radical (unpaired) electrons. The molecular weight excluding hydrogens is 379 g/mol. The van der Waals surface area contributed by atoms with E-state index in [-0.39, 0.29) is 0 Å². The van der Waals surface area contributed by atoms with Gasteiger partial charge in [0.15, 0.2) is 0 Å². The Balaban J connectivity index is 4.00. The third-order valence-electron chi connectivity index (χ3n) is 5.73. The van der Waals surface area contributed by atoms with Gasteiger partial charge in [-0.3, -0.25) is 4.57 Å². The number of unbranched alkanes of at least 4 members (excludes halogenated alkanes) is 12. The zero-order valence-electron chi connectivity index (χ0n) is 20.1. The van der Waals surface area contributed by atoms with Crippen LogP contribution in [0.3, 0.4) is 0 Å². The molecule has 0 heterocycles. The van der Waals surface area contributed by atoms with Gasteiger partial charge in [0.2, 0.25) is 0 Å². The first-order chi connectivity index (χ1) is 14.1. The van der Waals surface area contributed by atoms with Crippen LogP contribution in [0.1, 0.15) is 124 Å². The minimum Gasteiger partial charge on any atom is -0.333 e. The Morgan fingerprint density at radius 2 is 1.03 bits per heavy atom. The van der Waals surface area contributed by atoms with Crippen molar-refractivity contribution in [2.45, 2.75) is 124 Å². The average Bonchev–Trinajstić information content (AvgIpc) is 2.70. The normalized spacial score (nSPS) is 13.8. The van der Waals surface area contributed by atoms with Crippen LogP contribution in [0.5, 0.6) is 0 Å². The van der Waals surface area contributed by atoms with Crippen molar-refractivity contribution in [3.8, 4) is 0 Å². The second-order valence-electron chi connectivity index (χ2n) is 8.77. The van der Waals surface area contributed by atoms with Gasteiger partial charge in [-0.05, 0) is 51.7 Å². The number of nitrogens with zero attached hydrogens (tertiary/aromatic N) is 1. The summed E-state index contributed by atoms with van der Waals surface area (Å²) in [6.07, 6.45) is 20.6. The predicted octanol–water partition coefficient (Wildman–Crippen LogP) is 7.36. The lowest BCUT2D eigenvalue weighted by Crippen LogP contribution is -2.28. The maximum absolute atomic E-state index is 12.0. The van der Waals surface area contributed by atoms with E-state index < -0.39 is 7.52 Å². The highest BCUT2D eigenvalue weighted by atomic mass is 31.2. The molecule has 0 saturated heterocycles. The van der Waals surface area contributed by atoms with Crippen LogP contribution in [0.2, 0.25) is 0 Å². The van der Waals surface area contributed by atoms with Crippen molar-refractivity contribution in [2.75, 3.05) is 32.3 Å². The monoisotopic (exact) mass is 432 g/mol. The van der Waals surface area contributed by atoms with E-state index in [1.54, 1.807) is 0 Å². The Morgan fingerprint density at radius 1 is 0.621 bits per heavy atom. The lowest BCUT2D eigenvalue weighted by Gasteiger charge is -2.22. The summed E-state index contributed by atoms with van der Waals surface area (Å²) in [5.74, 6) is 0. The average molecular weight is 433 g/mol. The molecule has 0 aromatic rings. The highest BCUT2D eigenvalue weighted by molar-refractivity contribution is 7.55. The zero-order valence-corrected chi connectivity index (χ0v) is 21.0. The summed E-state index contributed by atoms with van der Waals surface area (Å²) in [5, 5.41) is 2.90. The summed E-state index contributed by atoms with van der Waals surface area (Å²) in [4.78, 5) is 12.5. The van der Waals surface area contributed by atoms with Crippen LogP contribution >= 0.6 is 7.52 Å². The maximum Gasteiger partial charge on any atom is 0.267 e. The lowest BCUT2D eigenvalue weighted by molar-refractivity contribution is 0.255. The van der Waals surface area contributed by atoms with Crippen molar-refractivity contribution in [1.82, 2.24) is 9.99 Å². The Kier molecular flexibility index (Phi) is 21.4. The van der Waals surface area contributed by atoms with Crippen LogP contribution in [0.25, 0.3) is 0 Å². The van der Waals surface area contributed by atoms with Crippen molar-refractivity contribution in [1.29, 1.82) is 0 Å². The van der Waals surface area contributed by atoms with Crippen LogP contribution in [0.4, 0.5) is 0 Å². The molecule has 0 amide bonds. The van der Waals surface area contributed by atoms with Crippen LogP contribution in [-0.4, -0.2) is 42.1 Å². The summed E-state index contributed by atoms with van der Waals surface area (Å²) in [5.41, 5.74) is 0. The summed E-state index contributed by atoms with van der Waals surface area (Å²) < 4.78 is 12.0. The van der Waals surface area contributed by atoms with Gasteiger partial charge in [-0.15, -0.1) is 0 Å². The van der Waals surface area contributed by atoms with Crippen molar-refractivity contribution in [2.24, 2.45) is 0 Å². The summed E-state index contributed by atoms with van der Waals surface area (Å²) in [6.45, 7) is 10.9. The molecule has 29 heavy (non-hydrogen) atoms. The zero-order chi connectivity index (χ0) is 21.6. The molecule has 0 aliphatic carbocycles. The van der Waals surface area contributed by atoms with Gasteiger partial charge in [-0.1, -0.05) is 91.4 Å². The Labute approximate surface area is 183 Å². The second kappa shape index (κ2) is 21.3. The fraction of sp³-hybridized carbons (Fsp3) is 1.00. The largest absolute Gasteiger partial charge is 0.333 e. The van der Waals surface area contributed by atoms with Crippen LogP contribution in [0, 0.1) is 0 Å². The minimum absolute atomic E-state index is 0.408. The Morgan fingerprint density at radius 3 is 1.52 bits per heavy atom. The fourth-order valence-electron chi connectivity index (χ4n) is 3.73. The quantitative estimate of drug-likeness (QED) is 0.131. The van der Waals surface area contributed by atoms with Gasteiger partial charge in [0.25, 0.3) is 7.52 Å². The topological polar surface area (TPSA) is 52.6 Å². The molecule has 0 spiro atoms. The smallest absolute Gasteiger partial charge is 0.267 e. The number of nitrogens with one attached hydrogen (secondary N) is 1. The molecule has 0 aromatic heterocycles. The molecule has 0 saturated carbocycles. The van der Waals surface area contributed by atoms with Gasteiger partial charge in [-0.2, -0.15) is 0 Å². The van der Waals surface area contributed by atoms with Crippen LogP contribution in [-0.2, 0) is 4.57 Å². The van der Waals surface area contributed by atoms with Gasteiger partial charge in [0.1, 0.15) is 0 Å². The van der Waals surface area contributed by atoms with Gasteiger partial charge in [0, 0.05) is 12.7 Å². The molecule has 0 aromatic carbocycles. The first-order valence-corrected chi connectivity index (χ1v) is 14.7. The first kappa shape index (κ1) is 29.1. The van der Waals surface area contributed by atoms with E-state index in [1.165, 1.54) is 90.1 Å². The standard InChI is InChI=1S/C24H53N2O2P/c1-4-7-10-12-14-17-21-26(22-18-15-13-11-8-5-2)23-19-16-20-25-29(27,28)24-9-6-3/h4-24H2,1-3H3,(H2,25,27,28). The van der Waals surface area contributed by atoms with Gasteiger partial charge in [0.05, 0.1) is 0 Å². The Hall–Kier alpha value is 0.110. The molecule has 5 heteroatoms. The first-order valence-electron chi connectivity index (χ1n) is 12.8. The van der Waals surface area contributed by atoms with E-state index in [0.717, 1.165) is 32.2 Å². The molecule has 0 rings (SSSR count). The summed E-state index contributed by atoms with van der Waals surface area (Å²) in [7, 11) is -3.10. The summed E-state index contributed by atoms with van der Waals surface area (Å²) >= 11 is 0. The molecule has 1 unspecified atom stereocenters. The van der Waals surface area contributed by atoms with E-state index in [4.69, 9.17) is 0 Å². The highest BCUT2D eigenvalue weighted by Gasteiger charge is 2.15. The maximum atomic E-state index is 12.0. The van der Waals surface area contributed by atoms with E-state index in [0.29, 0.717) is 12.7 Å². The van der Waals surface area contributed by atoms with Crippen molar-refractivity contribution in [3.63, 3.8) is 0 Å². The SMILES string of the molecule is CCCCCCCCN(CCCCCCCC)CCCCNP(=O)(O)CCCC.